The predicted molar refractivity (Wildman–Crippen MR) is 134 cm³/mol. The molecular weight excluding hydrogens is 456 g/mol. The fourth-order valence-corrected chi connectivity index (χ4v) is 10.1. The van der Waals surface area contributed by atoms with Crippen molar-refractivity contribution in [3.8, 4) is 0 Å². The fourth-order valence-electron chi connectivity index (χ4n) is 10.1. The number of esters is 2. The molecule has 6 heteroatoms. The molecule has 0 radical (unpaired) electrons. The van der Waals surface area contributed by atoms with E-state index in [1.807, 2.05) is 6.08 Å². The largest absolute Gasteiger partial charge is 0.468 e. The number of ether oxygens (including phenoxy) is 2. The number of fused-ring (bicyclic) bond motifs is 3. The first-order valence-corrected chi connectivity index (χ1v) is 14.2. The van der Waals surface area contributed by atoms with E-state index in [2.05, 4.69) is 20.8 Å². The van der Waals surface area contributed by atoms with Gasteiger partial charge in [-0.15, -0.1) is 0 Å². The van der Waals surface area contributed by atoms with Gasteiger partial charge in [0.15, 0.2) is 11.7 Å². The highest BCUT2D eigenvalue weighted by Crippen LogP contribution is 2.76. The molecule has 0 heterocycles. The molecule has 0 amide bonds. The van der Waals surface area contributed by atoms with Crippen LogP contribution in [0, 0.1) is 58.2 Å². The minimum atomic E-state index is -0.888. The van der Waals surface area contributed by atoms with Crippen LogP contribution in [0.2, 0.25) is 0 Å². The molecule has 36 heavy (non-hydrogen) atoms. The molecule has 0 aliphatic heterocycles. The zero-order valence-electron chi connectivity index (χ0n) is 22.6. The first-order valence-electron chi connectivity index (χ1n) is 14.2. The third-order valence-corrected chi connectivity index (χ3v) is 11.7. The first kappa shape index (κ1) is 25.9. The molecule has 5 aliphatic rings. The van der Waals surface area contributed by atoms with E-state index >= 15 is 0 Å². The topological polar surface area (TPSA) is 89.9 Å². The number of hydrogen-bond donors (Lipinski definition) is 1. The second-order valence-electron chi connectivity index (χ2n) is 12.9. The van der Waals surface area contributed by atoms with Gasteiger partial charge in [0.1, 0.15) is 0 Å². The first-order chi connectivity index (χ1) is 17.1. The van der Waals surface area contributed by atoms with Crippen LogP contribution in [-0.4, -0.2) is 43.2 Å². The lowest BCUT2D eigenvalue weighted by Crippen LogP contribution is -2.55. The summed E-state index contributed by atoms with van der Waals surface area (Å²) in [5.74, 6) is 0.708. The van der Waals surface area contributed by atoms with Gasteiger partial charge in [-0.2, -0.15) is 0 Å². The van der Waals surface area contributed by atoms with Crippen LogP contribution in [0.1, 0.15) is 78.6 Å². The number of methoxy groups -OCH3 is 2. The number of ketones is 1. The maximum atomic E-state index is 12.6. The van der Waals surface area contributed by atoms with Gasteiger partial charge in [0, 0.05) is 12.3 Å². The Balaban J connectivity index is 1.43. The molecule has 4 saturated carbocycles. The number of hydrogen-bond acceptors (Lipinski definition) is 6. The summed E-state index contributed by atoms with van der Waals surface area (Å²) in [6.07, 6.45) is 10.0. The standard InChI is InChI=1S/C30H44O6/c1-6-19-24-14-18(31)8-7-17-15-30(17,24)23-11-12-29(3)21(9-10-22(29)25(23)26(19)32)16(2)13-20(27(33)35-4)28(34)36-5/h14,16-17,19-23,25-26,32H,6-13,15H2,1-5H3/t16-,17-,19+,21?,22?,23?,25?,26-,29-,30-/m1/s1. The van der Waals surface area contributed by atoms with E-state index in [0.717, 1.165) is 38.5 Å². The zero-order chi connectivity index (χ0) is 26.0. The molecule has 5 aliphatic carbocycles. The number of carbonyl (C=O) groups excluding carboxylic acids is 3. The number of allylic oxidation sites excluding steroid dienone is 1. The average molecular weight is 501 g/mol. The Bertz CT molecular complexity index is 939. The summed E-state index contributed by atoms with van der Waals surface area (Å²) < 4.78 is 9.84. The minimum Gasteiger partial charge on any atom is -0.468 e. The van der Waals surface area contributed by atoms with Gasteiger partial charge in [-0.25, -0.2) is 0 Å². The summed E-state index contributed by atoms with van der Waals surface area (Å²) in [4.78, 5) is 37.3. The fraction of sp³-hybridized carbons (Fsp3) is 0.833. The molecule has 6 nitrogen and oxygen atoms in total. The van der Waals surface area contributed by atoms with Crippen molar-refractivity contribution in [2.75, 3.05) is 14.2 Å². The lowest BCUT2D eigenvalue weighted by molar-refractivity contribution is -0.160. The summed E-state index contributed by atoms with van der Waals surface area (Å²) in [5.41, 5.74) is 1.50. The Kier molecular flexibility index (Phi) is 6.67. The van der Waals surface area contributed by atoms with Gasteiger partial charge in [-0.3, -0.25) is 14.4 Å². The van der Waals surface area contributed by atoms with Gasteiger partial charge in [-0.1, -0.05) is 26.3 Å². The van der Waals surface area contributed by atoms with Crippen LogP contribution in [0.3, 0.4) is 0 Å². The maximum absolute atomic E-state index is 12.6. The Hall–Kier alpha value is -1.69. The second kappa shape index (κ2) is 9.25. The van der Waals surface area contributed by atoms with Crippen molar-refractivity contribution in [2.45, 2.75) is 84.7 Å². The molecular formula is C30H44O6. The lowest BCUT2D eigenvalue weighted by Gasteiger charge is -2.58. The number of carbonyl (C=O) groups is 3. The highest BCUT2D eigenvalue weighted by atomic mass is 16.5. The van der Waals surface area contributed by atoms with E-state index in [0.29, 0.717) is 36.5 Å². The SMILES string of the molecule is CC[C@H]1C2=CC(=O)CC[C@@H]3C[C@@]23C2CC[C@@]3(C)C(CCC3[C@H](C)CC(C(=O)OC)C(=O)OC)C2[C@@H]1O. The van der Waals surface area contributed by atoms with E-state index < -0.39 is 24.0 Å². The van der Waals surface area contributed by atoms with Crippen molar-refractivity contribution in [2.24, 2.45) is 58.2 Å². The van der Waals surface area contributed by atoms with Crippen LogP contribution >= 0.6 is 0 Å². The van der Waals surface area contributed by atoms with Crippen molar-refractivity contribution >= 4 is 17.7 Å². The van der Waals surface area contributed by atoms with Crippen molar-refractivity contribution in [1.29, 1.82) is 0 Å². The Labute approximate surface area is 215 Å². The van der Waals surface area contributed by atoms with Crippen LogP contribution in [0.5, 0.6) is 0 Å². The average Bonchev–Trinajstić information content (AvgIpc) is 3.50. The molecule has 10 atom stereocenters. The van der Waals surface area contributed by atoms with Crippen LogP contribution in [0.4, 0.5) is 0 Å². The number of aliphatic hydroxyl groups excluding tert-OH is 1. The molecule has 1 spiro atoms. The summed E-state index contributed by atoms with van der Waals surface area (Å²) in [7, 11) is 2.64. The van der Waals surface area contributed by atoms with E-state index in [4.69, 9.17) is 9.47 Å². The summed E-state index contributed by atoms with van der Waals surface area (Å²) in [5, 5.41) is 11.9. The number of aliphatic hydroxyl groups is 1. The third kappa shape index (κ3) is 3.64. The van der Waals surface area contributed by atoms with E-state index in [9.17, 15) is 19.5 Å². The molecule has 1 N–H and O–H groups in total. The van der Waals surface area contributed by atoms with Crippen LogP contribution in [-0.2, 0) is 23.9 Å². The van der Waals surface area contributed by atoms with E-state index in [1.165, 1.54) is 26.2 Å². The maximum Gasteiger partial charge on any atom is 0.320 e. The minimum absolute atomic E-state index is 0.0689. The Morgan fingerprint density at radius 3 is 2.44 bits per heavy atom. The van der Waals surface area contributed by atoms with Gasteiger partial charge in [-0.05, 0) is 104 Å². The molecule has 4 fully saturated rings. The van der Waals surface area contributed by atoms with Crippen molar-refractivity contribution in [3.63, 3.8) is 0 Å². The summed E-state index contributed by atoms with van der Waals surface area (Å²) in [6.45, 7) is 6.74. The zero-order valence-corrected chi connectivity index (χ0v) is 22.6. The van der Waals surface area contributed by atoms with Gasteiger partial charge in [0.25, 0.3) is 0 Å². The number of rotatable bonds is 6. The Morgan fingerprint density at radius 2 is 1.81 bits per heavy atom. The van der Waals surface area contributed by atoms with Crippen molar-refractivity contribution < 1.29 is 29.0 Å². The third-order valence-electron chi connectivity index (χ3n) is 11.7. The van der Waals surface area contributed by atoms with E-state index in [1.54, 1.807) is 0 Å². The summed E-state index contributed by atoms with van der Waals surface area (Å²) >= 11 is 0. The van der Waals surface area contributed by atoms with Gasteiger partial charge in [0.05, 0.1) is 20.3 Å². The molecule has 0 aromatic heterocycles. The molecule has 0 bridgehead atoms. The van der Waals surface area contributed by atoms with Crippen LogP contribution in [0.25, 0.3) is 0 Å². The van der Waals surface area contributed by atoms with Crippen molar-refractivity contribution in [3.05, 3.63) is 11.6 Å². The smallest absolute Gasteiger partial charge is 0.320 e. The molecule has 4 unspecified atom stereocenters. The lowest BCUT2D eigenvalue weighted by atomic mass is 9.47. The van der Waals surface area contributed by atoms with Crippen LogP contribution in [0.15, 0.2) is 11.6 Å². The van der Waals surface area contributed by atoms with Gasteiger partial charge in [0.2, 0.25) is 0 Å². The molecule has 5 rings (SSSR count). The predicted octanol–water partition coefficient (Wildman–Crippen LogP) is 4.73. The Morgan fingerprint density at radius 1 is 1.11 bits per heavy atom. The van der Waals surface area contributed by atoms with E-state index in [-0.39, 0.29) is 34.4 Å². The van der Waals surface area contributed by atoms with Crippen molar-refractivity contribution in [1.82, 2.24) is 0 Å². The normalized spacial score (nSPS) is 43.8. The molecule has 0 saturated heterocycles. The van der Waals surface area contributed by atoms with Gasteiger partial charge < -0.3 is 14.6 Å². The quantitative estimate of drug-likeness (QED) is 0.419. The monoisotopic (exact) mass is 500 g/mol. The second-order valence-corrected chi connectivity index (χ2v) is 12.9. The molecule has 0 aromatic rings. The molecule has 0 aromatic carbocycles. The molecule has 200 valence electrons. The van der Waals surface area contributed by atoms with Gasteiger partial charge >= 0.3 is 11.9 Å². The highest BCUT2D eigenvalue weighted by Gasteiger charge is 2.71. The van der Waals surface area contributed by atoms with Crippen LogP contribution < -0.4 is 0 Å². The highest BCUT2D eigenvalue weighted by molar-refractivity contribution is 5.94. The summed E-state index contributed by atoms with van der Waals surface area (Å²) in [6, 6.07) is 0.